The fourth-order valence-corrected chi connectivity index (χ4v) is 3.55. The Hall–Kier alpha value is -2.87. The molecule has 148 valence electrons. The van der Waals surface area contributed by atoms with Gasteiger partial charge in [-0.25, -0.2) is 15.0 Å². The molecular formula is C21H20BrN5O2. The molecule has 1 unspecified atom stereocenters. The van der Waals surface area contributed by atoms with Gasteiger partial charge in [0.2, 0.25) is 5.88 Å². The predicted molar refractivity (Wildman–Crippen MR) is 111 cm³/mol. The lowest BCUT2D eigenvalue weighted by molar-refractivity contribution is 0.0523. The molecule has 0 aromatic carbocycles. The lowest BCUT2D eigenvalue weighted by atomic mass is 10.1. The third-order valence-electron chi connectivity index (χ3n) is 4.69. The number of pyridine rings is 2. The number of hydrogen-bond donors (Lipinski definition) is 0. The lowest BCUT2D eigenvalue weighted by Crippen LogP contribution is -2.44. The van der Waals surface area contributed by atoms with Crippen LogP contribution in [-0.4, -0.2) is 49.9 Å². The largest absolute Gasteiger partial charge is 0.472 e. The highest BCUT2D eigenvalue weighted by Crippen LogP contribution is 2.24. The standard InChI is InChI=1S/C21H20BrN5O2/c1-14-10-17(20-23-7-3-8-24-20)19(26-11-14)21(28)27-9-2-4-16(13-27)29-18-6-5-15(22)12-25-18/h3,5-8,10-12,16H,2,4,9,13H2,1H3. The van der Waals surface area contributed by atoms with Crippen molar-refractivity contribution in [2.24, 2.45) is 0 Å². The zero-order chi connectivity index (χ0) is 20.2. The van der Waals surface area contributed by atoms with E-state index in [0.29, 0.717) is 36.1 Å². The van der Waals surface area contributed by atoms with Gasteiger partial charge in [-0.3, -0.25) is 9.78 Å². The summed E-state index contributed by atoms with van der Waals surface area (Å²) in [5, 5.41) is 0. The first-order chi connectivity index (χ1) is 14.1. The summed E-state index contributed by atoms with van der Waals surface area (Å²) in [7, 11) is 0. The van der Waals surface area contributed by atoms with Crippen molar-refractivity contribution >= 4 is 21.8 Å². The Morgan fingerprint density at radius 3 is 2.76 bits per heavy atom. The van der Waals surface area contributed by atoms with Crippen LogP contribution in [0.25, 0.3) is 11.4 Å². The van der Waals surface area contributed by atoms with Crippen molar-refractivity contribution in [3.63, 3.8) is 0 Å². The first-order valence-corrected chi connectivity index (χ1v) is 10.2. The fourth-order valence-electron chi connectivity index (χ4n) is 3.32. The molecule has 1 aliphatic heterocycles. The van der Waals surface area contributed by atoms with E-state index in [-0.39, 0.29) is 12.0 Å². The molecule has 1 amide bonds. The van der Waals surface area contributed by atoms with Crippen LogP contribution in [0.3, 0.4) is 0 Å². The van der Waals surface area contributed by atoms with Gasteiger partial charge in [0.05, 0.1) is 12.1 Å². The summed E-state index contributed by atoms with van der Waals surface area (Å²) >= 11 is 3.37. The van der Waals surface area contributed by atoms with Gasteiger partial charge in [-0.05, 0) is 59.5 Å². The highest BCUT2D eigenvalue weighted by atomic mass is 79.9. The van der Waals surface area contributed by atoms with Crippen molar-refractivity contribution in [1.29, 1.82) is 0 Å². The molecule has 29 heavy (non-hydrogen) atoms. The number of ether oxygens (including phenoxy) is 1. The first kappa shape index (κ1) is 19.4. The Bertz CT molecular complexity index is 998. The van der Waals surface area contributed by atoms with Gasteiger partial charge in [-0.15, -0.1) is 0 Å². The first-order valence-electron chi connectivity index (χ1n) is 9.41. The second kappa shape index (κ2) is 8.65. The second-order valence-corrected chi connectivity index (χ2v) is 7.84. The minimum atomic E-state index is -0.135. The molecule has 1 fully saturated rings. The summed E-state index contributed by atoms with van der Waals surface area (Å²) < 4.78 is 6.88. The number of likely N-dealkylation sites (tertiary alicyclic amines) is 1. The Balaban J connectivity index is 1.54. The summed E-state index contributed by atoms with van der Waals surface area (Å²) in [6.07, 6.45) is 8.34. The SMILES string of the molecule is Cc1cnc(C(=O)N2CCCC(Oc3ccc(Br)cn3)C2)c(-c2ncccn2)c1. The zero-order valence-electron chi connectivity index (χ0n) is 16.0. The van der Waals surface area contributed by atoms with Crippen molar-refractivity contribution in [3.05, 3.63) is 64.8 Å². The summed E-state index contributed by atoms with van der Waals surface area (Å²) in [5.41, 5.74) is 1.96. The molecule has 1 saturated heterocycles. The van der Waals surface area contributed by atoms with Crippen molar-refractivity contribution in [3.8, 4) is 17.3 Å². The topological polar surface area (TPSA) is 81.1 Å². The molecule has 8 heteroatoms. The number of amides is 1. The number of halogens is 1. The normalized spacial score (nSPS) is 16.5. The van der Waals surface area contributed by atoms with E-state index in [1.165, 1.54) is 0 Å². The van der Waals surface area contributed by atoms with E-state index in [4.69, 9.17) is 4.74 Å². The summed E-state index contributed by atoms with van der Waals surface area (Å²) in [6, 6.07) is 7.35. The van der Waals surface area contributed by atoms with Gasteiger partial charge in [0, 0.05) is 41.9 Å². The van der Waals surface area contributed by atoms with E-state index in [1.54, 1.807) is 35.8 Å². The van der Waals surface area contributed by atoms with Crippen molar-refractivity contribution in [2.45, 2.75) is 25.9 Å². The van der Waals surface area contributed by atoms with E-state index >= 15 is 0 Å². The van der Waals surface area contributed by atoms with Gasteiger partial charge >= 0.3 is 0 Å². The molecular weight excluding hydrogens is 434 g/mol. The van der Waals surface area contributed by atoms with E-state index in [1.807, 2.05) is 25.1 Å². The third kappa shape index (κ3) is 4.59. The number of hydrogen-bond acceptors (Lipinski definition) is 6. The van der Waals surface area contributed by atoms with Crippen molar-refractivity contribution < 1.29 is 9.53 Å². The van der Waals surface area contributed by atoms with Crippen LogP contribution >= 0.6 is 15.9 Å². The van der Waals surface area contributed by atoms with Crippen LogP contribution in [0, 0.1) is 6.92 Å². The van der Waals surface area contributed by atoms with Crippen LogP contribution in [0.5, 0.6) is 5.88 Å². The molecule has 7 nitrogen and oxygen atoms in total. The summed E-state index contributed by atoms with van der Waals surface area (Å²) in [6.45, 7) is 3.09. The number of carbonyl (C=O) groups excluding carboxylic acids is 1. The third-order valence-corrected chi connectivity index (χ3v) is 5.16. The number of aromatic nitrogens is 4. The molecule has 0 bridgehead atoms. The molecule has 3 aromatic rings. The van der Waals surface area contributed by atoms with Crippen molar-refractivity contribution in [2.75, 3.05) is 13.1 Å². The monoisotopic (exact) mass is 453 g/mol. The number of carbonyl (C=O) groups is 1. The van der Waals surface area contributed by atoms with E-state index in [0.717, 1.165) is 22.9 Å². The maximum atomic E-state index is 13.3. The quantitative estimate of drug-likeness (QED) is 0.598. The predicted octanol–water partition coefficient (Wildman–Crippen LogP) is 3.69. The Morgan fingerprint density at radius 1 is 1.17 bits per heavy atom. The van der Waals surface area contributed by atoms with Gasteiger partial charge in [0.1, 0.15) is 11.8 Å². The lowest BCUT2D eigenvalue weighted by Gasteiger charge is -2.32. The highest BCUT2D eigenvalue weighted by Gasteiger charge is 2.28. The smallest absolute Gasteiger partial charge is 0.273 e. The number of nitrogens with zero attached hydrogens (tertiary/aromatic N) is 5. The minimum absolute atomic E-state index is 0.108. The summed E-state index contributed by atoms with van der Waals surface area (Å²) in [5.74, 6) is 0.916. The van der Waals surface area contributed by atoms with Gasteiger partial charge in [-0.1, -0.05) is 0 Å². The van der Waals surface area contributed by atoms with Crippen LogP contribution in [0.2, 0.25) is 0 Å². The van der Waals surface area contributed by atoms with Gasteiger partial charge in [0.15, 0.2) is 5.82 Å². The van der Waals surface area contributed by atoms with Crippen LogP contribution in [-0.2, 0) is 0 Å². The van der Waals surface area contributed by atoms with Crippen LogP contribution in [0.4, 0.5) is 0 Å². The number of rotatable bonds is 4. The molecule has 0 spiro atoms. The Labute approximate surface area is 177 Å². The van der Waals surface area contributed by atoms with E-state index < -0.39 is 0 Å². The average Bonchev–Trinajstić information content (AvgIpc) is 2.76. The average molecular weight is 454 g/mol. The van der Waals surface area contributed by atoms with Crippen LogP contribution in [0.15, 0.2) is 53.5 Å². The van der Waals surface area contributed by atoms with Crippen LogP contribution < -0.4 is 4.74 Å². The molecule has 0 radical (unpaired) electrons. The molecule has 0 aliphatic carbocycles. The van der Waals surface area contributed by atoms with Crippen molar-refractivity contribution in [1.82, 2.24) is 24.8 Å². The molecule has 0 saturated carbocycles. The van der Waals surface area contributed by atoms with Gasteiger partial charge < -0.3 is 9.64 Å². The maximum absolute atomic E-state index is 13.3. The molecule has 3 aromatic heterocycles. The molecule has 4 heterocycles. The van der Waals surface area contributed by atoms with Crippen LogP contribution in [0.1, 0.15) is 28.9 Å². The maximum Gasteiger partial charge on any atom is 0.273 e. The Morgan fingerprint density at radius 2 is 2.00 bits per heavy atom. The van der Waals surface area contributed by atoms with E-state index in [2.05, 4.69) is 35.9 Å². The fraction of sp³-hybridized carbons (Fsp3) is 0.286. The second-order valence-electron chi connectivity index (χ2n) is 6.93. The molecule has 1 atom stereocenters. The molecule has 1 aliphatic rings. The van der Waals surface area contributed by atoms with Gasteiger partial charge in [0.25, 0.3) is 5.91 Å². The number of piperidine rings is 1. The highest BCUT2D eigenvalue weighted by molar-refractivity contribution is 9.10. The number of aryl methyl sites for hydroxylation is 1. The zero-order valence-corrected chi connectivity index (χ0v) is 17.5. The Kier molecular flexibility index (Phi) is 5.80. The van der Waals surface area contributed by atoms with E-state index in [9.17, 15) is 4.79 Å². The minimum Gasteiger partial charge on any atom is -0.472 e. The molecule has 4 rings (SSSR count). The van der Waals surface area contributed by atoms with Gasteiger partial charge in [-0.2, -0.15) is 0 Å². The molecule has 0 N–H and O–H groups in total. The summed E-state index contributed by atoms with van der Waals surface area (Å²) in [4.78, 5) is 32.3.